The second kappa shape index (κ2) is 4.94. The monoisotopic (exact) mass is 188 g/mol. The molecule has 3 nitrogen and oxygen atoms in total. The highest BCUT2D eigenvalue weighted by atomic mass is 16.3. The van der Waals surface area contributed by atoms with Crippen LogP contribution in [0.4, 0.5) is 0 Å². The van der Waals surface area contributed by atoms with Gasteiger partial charge in [-0.15, -0.1) is 0 Å². The van der Waals surface area contributed by atoms with Crippen molar-refractivity contribution in [1.82, 2.24) is 0 Å². The molecule has 0 aliphatic heterocycles. The van der Waals surface area contributed by atoms with Gasteiger partial charge in [0.2, 0.25) is 0 Å². The van der Waals surface area contributed by atoms with E-state index in [1.165, 1.54) is 0 Å². The normalized spacial score (nSPS) is 28.4. The van der Waals surface area contributed by atoms with Crippen LogP contribution in [-0.2, 0) is 0 Å². The molecular weight excluding hydrogens is 168 g/mol. The third-order valence-electron chi connectivity index (χ3n) is 3.44. The Labute approximate surface area is 79.4 Å². The summed E-state index contributed by atoms with van der Waals surface area (Å²) in [6.45, 7) is 0.0740. The lowest BCUT2D eigenvalue weighted by Gasteiger charge is -2.35. The maximum Gasteiger partial charge on any atom is 0.0512 e. The van der Waals surface area contributed by atoms with Crippen LogP contribution in [0.25, 0.3) is 0 Å². The summed E-state index contributed by atoms with van der Waals surface area (Å²) in [6, 6.07) is 0. The number of hydrogen-bond acceptors (Lipinski definition) is 3. The quantitative estimate of drug-likeness (QED) is 0.566. The predicted octanol–water partition coefficient (Wildman–Crippen LogP) is 0.530. The fraction of sp³-hybridized carbons (Fsp3) is 1.00. The zero-order chi connectivity index (χ0) is 9.73. The molecule has 1 aliphatic carbocycles. The third-order valence-corrected chi connectivity index (χ3v) is 3.44. The summed E-state index contributed by atoms with van der Waals surface area (Å²) in [4.78, 5) is 0. The van der Waals surface area contributed by atoms with E-state index in [-0.39, 0.29) is 25.7 Å². The number of aliphatic hydroxyl groups excluding tert-OH is 3. The van der Waals surface area contributed by atoms with Gasteiger partial charge in [0.05, 0.1) is 13.2 Å². The Bertz CT molecular complexity index is 143. The molecule has 3 heteroatoms. The predicted molar refractivity (Wildman–Crippen MR) is 50.3 cm³/mol. The summed E-state index contributed by atoms with van der Waals surface area (Å²) in [7, 11) is 0. The summed E-state index contributed by atoms with van der Waals surface area (Å²) < 4.78 is 0. The molecule has 1 rings (SSSR count). The first-order valence-corrected chi connectivity index (χ1v) is 5.11. The number of hydrogen-bond donors (Lipinski definition) is 3. The van der Waals surface area contributed by atoms with Crippen molar-refractivity contribution in [2.75, 3.05) is 19.8 Å². The summed E-state index contributed by atoms with van der Waals surface area (Å²) >= 11 is 0. The van der Waals surface area contributed by atoms with Crippen molar-refractivity contribution in [2.24, 2.45) is 11.3 Å². The van der Waals surface area contributed by atoms with Crippen LogP contribution in [0.15, 0.2) is 0 Å². The second-order valence-electron chi connectivity index (χ2n) is 4.16. The van der Waals surface area contributed by atoms with E-state index in [1.54, 1.807) is 0 Å². The van der Waals surface area contributed by atoms with Crippen LogP contribution in [-0.4, -0.2) is 35.1 Å². The van der Waals surface area contributed by atoms with Gasteiger partial charge in [-0.25, -0.2) is 0 Å². The molecule has 78 valence electrons. The molecule has 1 fully saturated rings. The largest absolute Gasteiger partial charge is 0.396 e. The van der Waals surface area contributed by atoms with Gasteiger partial charge in [-0.05, 0) is 18.8 Å². The first-order chi connectivity index (χ1) is 6.29. The van der Waals surface area contributed by atoms with Crippen molar-refractivity contribution in [1.29, 1.82) is 0 Å². The van der Waals surface area contributed by atoms with E-state index in [1.807, 2.05) is 0 Å². The maximum atomic E-state index is 9.30. The van der Waals surface area contributed by atoms with Gasteiger partial charge < -0.3 is 15.3 Å². The molecule has 0 amide bonds. The van der Waals surface area contributed by atoms with Gasteiger partial charge in [0.1, 0.15) is 0 Å². The Balaban J connectivity index is 2.72. The minimum atomic E-state index is -0.425. The molecule has 3 N–H and O–H groups in total. The van der Waals surface area contributed by atoms with Gasteiger partial charge in [-0.3, -0.25) is 0 Å². The van der Waals surface area contributed by atoms with Crippen LogP contribution >= 0.6 is 0 Å². The van der Waals surface area contributed by atoms with Crippen LogP contribution in [0, 0.1) is 11.3 Å². The van der Waals surface area contributed by atoms with Crippen LogP contribution < -0.4 is 0 Å². The molecule has 0 spiro atoms. The lowest BCUT2D eigenvalue weighted by molar-refractivity contribution is -0.0230. The molecule has 0 aromatic carbocycles. The molecule has 1 atom stereocenters. The smallest absolute Gasteiger partial charge is 0.0512 e. The van der Waals surface area contributed by atoms with Gasteiger partial charge in [0, 0.05) is 12.0 Å². The summed E-state index contributed by atoms with van der Waals surface area (Å²) in [5.41, 5.74) is -0.425. The average Bonchev–Trinajstić information content (AvgIpc) is 2.39. The highest BCUT2D eigenvalue weighted by molar-refractivity contribution is 4.87. The van der Waals surface area contributed by atoms with Gasteiger partial charge in [0.25, 0.3) is 0 Å². The van der Waals surface area contributed by atoms with E-state index >= 15 is 0 Å². The molecule has 0 bridgehead atoms. The minimum absolute atomic E-state index is 0.00523. The van der Waals surface area contributed by atoms with Crippen molar-refractivity contribution < 1.29 is 15.3 Å². The lowest BCUT2D eigenvalue weighted by Crippen LogP contribution is -2.39. The molecule has 0 saturated heterocycles. The van der Waals surface area contributed by atoms with E-state index in [4.69, 9.17) is 0 Å². The average molecular weight is 188 g/mol. The summed E-state index contributed by atoms with van der Waals surface area (Å²) in [6.07, 6.45) is 5.08. The Morgan fingerprint density at radius 2 is 1.69 bits per heavy atom. The highest BCUT2D eigenvalue weighted by Gasteiger charge is 2.37. The van der Waals surface area contributed by atoms with Crippen molar-refractivity contribution in [3.8, 4) is 0 Å². The van der Waals surface area contributed by atoms with E-state index < -0.39 is 5.41 Å². The molecule has 1 unspecified atom stereocenters. The number of aliphatic hydroxyl groups is 3. The van der Waals surface area contributed by atoms with E-state index in [9.17, 15) is 15.3 Å². The zero-order valence-electron chi connectivity index (χ0n) is 8.08. The second-order valence-corrected chi connectivity index (χ2v) is 4.16. The fourth-order valence-electron chi connectivity index (χ4n) is 2.31. The van der Waals surface area contributed by atoms with E-state index in [0.29, 0.717) is 0 Å². The molecule has 1 saturated carbocycles. The first kappa shape index (κ1) is 11.0. The van der Waals surface area contributed by atoms with Crippen LogP contribution in [0.5, 0.6) is 0 Å². The van der Waals surface area contributed by atoms with Gasteiger partial charge in [-0.1, -0.05) is 19.3 Å². The molecule has 0 aromatic rings. The standard InChI is InChI=1S/C10H20O3/c11-6-9-4-2-1-3-5-10(9,7-12)8-13/h9,11-13H,1-8H2. The van der Waals surface area contributed by atoms with Crippen molar-refractivity contribution in [2.45, 2.75) is 32.1 Å². The molecule has 0 aromatic heterocycles. The Hall–Kier alpha value is -0.120. The van der Waals surface area contributed by atoms with Gasteiger partial charge in [0.15, 0.2) is 0 Å². The molecular formula is C10H20O3. The van der Waals surface area contributed by atoms with E-state index in [0.717, 1.165) is 32.1 Å². The summed E-state index contributed by atoms with van der Waals surface area (Å²) in [5, 5.41) is 27.8. The summed E-state index contributed by atoms with van der Waals surface area (Å²) in [5.74, 6) is 0.0741. The van der Waals surface area contributed by atoms with Crippen LogP contribution in [0.1, 0.15) is 32.1 Å². The zero-order valence-corrected chi connectivity index (χ0v) is 8.08. The molecule has 1 aliphatic rings. The lowest BCUT2D eigenvalue weighted by atomic mass is 9.73. The Morgan fingerprint density at radius 1 is 1.00 bits per heavy atom. The van der Waals surface area contributed by atoms with E-state index in [2.05, 4.69) is 0 Å². The molecule has 0 radical (unpaired) electrons. The van der Waals surface area contributed by atoms with Crippen LogP contribution in [0.3, 0.4) is 0 Å². The Morgan fingerprint density at radius 3 is 2.23 bits per heavy atom. The van der Waals surface area contributed by atoms with Gasteiger partial charge in [-0.2, -0.15) is 0 Å². The van der Waals surface area contributed by atoms with Crippen molar-refractivity contribution >= 4 is 0 Å². The fourth-order valence-corrected chi connectivity index (χ4v) is 2.31. The topological polar surface area (TPSA) is 60.7 Å². The molecule has 13 heavy (non-hydrogen) atoms. The van der Waals surface area contributed by atoms with Crippen molar-refractivity contribution in [3.05, 3.63) is 0 Å². The van der Waals surface area contributed by atoms with Crippen molar-refractivity contribution in [3.63, 3.8) is 0 Å². The first-order valence-electron chi connectivity index (χ1n) is 5.11. The SMILES string of the molecule is OCC1CCCCCC1(CO)CO. The minimum Gasteiger partial charge on any atom is -0.396 e. The Kier molecular flexibility index (Phi) is 4.16. The molecule has 0 heterocycles. The number of rotatable bonds is 3. The third kappa shape index (κ3) is 2.22. The van der Waals surface area contributed by atoms with Crippen LogP contribution in [0.2, 0.25) is 0 Å². The highest BCUT2D eigenvalue weighted by Crippen LogP contribution is 2.38. The maximum absolute atomic E-state index is 9.30. The van der Waals surface area contributed by atoms with Gasteiger partial charge >= 0.3 is 0 Å².